The molecule has 0 unspecified atom stereocenters. The summed E-state index contributed by atoms with van der Waals surface area (Å²) in [4.78, 5) is 13.0. The van der Waals surface area contributed by atoms with Crippen molar-refractivity contribution in [2.45, 2.75) is 65.9 Å². The van der Waals surface area contributed by atoms with Crippen LogP contribution >= 0.6 is 0 Å². The molecule has 0 saturated carbocycles. The topological polar surface area (TPSA) is 47.6 Å². The van der Waals surface area contributed by atoms with Gasteiger partial charge in [0.15, 0.2) is 0 Å². The van der Waals surface area contributed by atoms with E-state index >= 15 is 0 Å². The molecule has 0 saturated heterocycles. The molecule has 0 spiro atoms. The third-order valence-corrected chi connectivity index (χ3v) is 7.13. The van der Waals surface area contributed by atoms with E-state index in [1.807, 2.05) is 24.3 Å². The summed E-state index contributed by atoms with van der Waals surface area (Å²) in [6, 6.07) is 16.6. The van der Waals surface area contributed by atoms with E-state index < -0.39 is 0 Å². The van der Waals surface area contributed by atoms with Crippen LogP contribution in [0, 0.1) is 27.7 Å². The second kappa shape index (κ2) is 9.17. The molecule has 34 heavy (non-hydrogen) atoms. The zero-order chi connectivity index (χ0) is 24.6. The van der Waals surface area contributed by atoms with Gasteiger partial charge < -0.3 is 14.8 Å². The summed E-state index contributed by atoms with van der Waals surface area (Å²) in [5, 5.41) is 3.23. The Morgan fingerprint density at radius 2 is 1.59 bits per heavy atom. The highest BCUT2D eigenvalue weighted by atomic mass is 16.5. The highest BCUT2D eigenvalue weighted by molar-refractivity contribution is 5.93. The van der Waals surface area contributed by atoms with Gasteiger partial charge in [0.25, 0.3) is 0 Å². The summed E-state index contributed by atoms with van der Waals surface area (Å²) in [5.74, 6) is 1.90. The summed E-state index contributed by atoms with van der Waals surface area (Å²) in [5.41, 5.74) is 8.55. The van der Waals surface area contributed by atoms with Gasteiger partial charge in [-0.05, 0) is 87.9 Å². The molecule has 4 heteroatoms. The largest absolute Gasteiger partial charge is 0.497 e. The Bertz CT molecular complexity index is 1210. The molecule has 1 N–H and O–H groups in total. The van der Waals surface area contributed by atoms with Crippen LogP contribution in [0.25, 0.3) is 0 Å². The fourth-order valence-electron chi connectivity index (χ4n) is 5.06. The zero-order valence-corrected chi connectivity index (χ0v) is 21.3. The van der Waals surface area contributed by atoms with Gasteiger partial charge in [-0.15, -0.1) is 0 Å². The number of benzene rings is 3. The minimum Gasteiger partial charge on any atom is -0.497 e. The molecule has 178 valence electrons. The third kappa shape index (κ3) is 4.42. The fourth-order valence-corrected chi connectivity index (χ4v) is 5.06. The maximum Gasteiger partial charge on any atom is 0.224 e. The number of aryl methyl sites for hydroxylation is 2. The number of amides is 1. The number of ether oxygens (including phenoxy) is 2. The number of anilines is 1. The third-order valence-electron chi connectivity index (χ3n) is 7.13. The van der Waals surface area contributed by atoms with E-state index in [4.69, 9.17) is 9.47 Å². The molecule has 1 aliphatic heterocycles. The van der Waals surface area contributed by atoms with Crippen molar-refractivity contribution in [2.24, 2.45) is 0 Å². The second-order valence-electron chi connectivity index (χ2n) is 9.94. The molecular weight excluding hydrogens is 422 g/mol. The molecular formula is C30H35NO3. The van der Waals surface area contributed by atoms with Crippen LogP contribution in [-0.2, 0) is 11.2 Å². The van der Waals surface area contributed by atoms with Gasteiger partial charge in [-0.2, -0.15) is 0 Å². The van der Waals surface area contributed by atoms with Crippen molar-refractivity contribution in [3.63, 3.8) is 0 Å². The summed E-state index contributed by atoms with van der Waals surface area (Å²) >= 11 is 0. The first kappa shape index (κ1) is 23.9. The summed E-state index contributed by atoms with van der Waals surface area (Å²) < 4.78 is 11.8. The first-order valence-corrected chi connectivity index (χ1v) is 11.9. The molecule has 1 heterocycles. The van der Waals surface area contributed by atoms with Gasteiger partial charge in [0, 0.05) is 17.7 Å². The Morgan fingerprint density at radius 3 is 2.21 bits per heavy atom. The van der Waals surface area contributed by atoms with Crippen molar-refractivity contribution < 1.29 is 14.3 Å². The highest BCUT2D eigenvalue weighted by Gasteiger charge is 2.44. The van der Waals surface area contributed by atoms with Crippen LogP contribution in [0.1, 0.15) is 65.1 Å². The lowest BCUT2D eigenvalue weighted by Crippen LogP contribution is -2.31. The Balaban J connectivity index is 1.63. The lowest BCUT2D eigenvalue weighted by molar-refractivity contribution is -0.116. The minimum absolute atomic E-state index is 0.0198. The van der Waals surface area contributed by atoms with E-state index in [1.54, 1.807) is 7.11 Å². The predicted molar refractivity (Wildman–Crippen MR) is 138 cm³/mol. The molecule has 0 aliphatic carbocycles. The Hall–Kier alpha value is -3.27. The van der Waals surface area contributed by atoms with E-state index in [0.717, 1.165) is 39.4 Å². The average Bonchev–Trinajstić information content (AvgIpc) is 3.11. The first-order chi connectivity index (χ1) is 16.1. The first-order valence-electron chi connectivity index (χ1n) is 11.9. The monoisotopic (exact) mass is 457 g/mol. The smallest absolute Gasteiger partial charge is 0.224 e. The molecule has 0 fully saturated rings. The molecule has 1 amide bonds. The Kier molecular flexibility index (Phi) is 6.44. The molecule has 1 aliphatic rings. The summed E-state index contributed by atoms with van der Waals surface area (Å²) in [6.45, 7) is 12.7. The maximum atomic E-state index is 13.0. The van der Waals surface area contributed by atoms with Crippen molar-refractivity contribution in [2.75, 3.05) is 12.4 Å². The Labute approximate surface area is 203 Å². The van der Waals surface area contributed by atoms with Crippen LogP contribution in [0.3, 0.4) is 0 Å². The number of methoxy groups -OCH3 is 1. The van der Waals surface area contributed by atoms with E-state index in [0.29, 0.717) is 12.8 Å². The van der Waals surface area contributed by atoms with Crippen molar-refractivity contribution in [3.05, 3.63) is 87.5 Å². The van der Waals surface area contributed by atoms with E-state index in [-0.39, 0.29) is 17.4 Å². The highest BCUT2D eigenvalue weighted by Crippen LogP contribution is 2.53. The van der Waals surface area contributed by atoms with E-state index in [2.05, 4.69) is 71.1 Å². The van der Waals surface area contributed by atoms with Crippen molar-refractivity contribution in [1.29, 1.82) is 0 Å². The standard InChI is InChI=1S/C30H35NO3/c1-18-8-13-23(14-9-18)27-26-21(4)28(19(2)20(3)29(26)34-30(27,5)6)31-25(32)17-12-22-10-15-24(33-7)16-11-22/h8-11,13-16,27H,12,17H2,1-7H3,(H,31,32)/t27-/m1/s1. The zero-order valence-electron chi connectivity index (χ0n) is 21.3. The molecule has 3 aromatic carbocycles. The van der Waals surface area contributed by atoms with Crippen LogP contribution in [-0.4, -0.2) is 18.6 Å². The maximum absolute atomic E-state index is 13.0. The Morgan fingerprint density at radius 1 is 0.941 bits per heavy atom. The molecule has 0 bridgehead atoms. The van der Waals surface area contributed by atoms with Crippen LogP contribution in [0.5, 0.6) is 11.5 Å². The predicted octanol–water partition coefficient (Wildman–Crippen LogP) is 6.80. The van der Waals surface area contributed by atoms with Crippen molar-refractivity contribution >= 4 is 11.6 Å². The van der Waals surface area contributed by atoms with Crippen molar-refractivity contribution in [1.82, 2.24) is 0 Å². The number of carbonyl (C=O) groups is 1. The van der Waals surface area contributed by atoms with Gasteiger partial charge in [-0.1, -0.05) is 42.0 Å². The fraction of sp³-hybridized carbons (Fsp3) is 0.367. The van der Waals surface area contributed by atoms with Gasteiger partial charge in [0.1, 0.15) is 17.1 Å². The number of hydrogen-bond acceptors (Lipinski definition) is 3. The van der Waals surface area contributed by atoms with Crippen LogP contribution in [0.15, 0.2) is 48.5 Å². The van der Waals surface area contributed by atoms with Crippen LogP contribution in [0.2, 0.25) is 0 Å². The summed E-state index contributed by atoms with van der Waals surface area (Å²) in [7, 11) is 1.65. The van der Waals surface area contributed by atoms with Gasteiger partial charge in [-0.3, -0.25) is 4.79 Å². The summed E-state index contributed by atoms with van der Waals surface area (Å²) in [6.07, 6.45) is 1.10. The van der Waals surface area contributed by atoms with Gasteiger partial charge >= 0.3 is 0 Å². The van der Waals surface area contributed by atoms with E-state index in [9.17, 15) is 4.79 Å². The normalized spacial score (nSPS) is 16.0. The number of nitrogens with one attached hydrogen (secondary N) is 1. The van der Waals surface area contributed by atoms with Crippen LogP contribution in [0.4, 0.5) is 5.69 Å². The SMILES string of the molecule is COc1ccc(CCC(=O)Nc2c(C)c(C)c3c(c2C)[C@@H](c2ccc(C)cc2)C(C)(C)O3)cc1. The molecule has 0 radical (unpaired) electrons. The van der Waals surface area contributed by atoms with Gasteiger partial charge in [-0.25, -0.2) is 0 Å². The lowest BCUT2D eigenvalue weighted by atomic mass is 9.78. The van der Waals surface area contributed by atoms with Crippen molar-refractivity contribution in [3.8, 4) is 11.5 Å². The average molecular weight is 458 g/mol. The van der Waals surface area contributed by atoms with Gasteiger partial charge in [0.2, 0.25) is 5.91 Å². The quantitative estimate of drug-likeness (QED) is 0.443. The van der Waals surface area contributed by atoms with Crippen LogP contribution < -0.4 is 14.8 Å². The number of carbonyl (C=O) groups excluding carboxylic acids is 1. The van der Waals surface area contributed by atoms with E-state index in [1.165, 1.54) is 16.7 Å². The molecule has 3 aromatic rings. The lowest BCUT2D eigenvalue weighted by Gasteiger charge is -2.27. The number of rotatable bonds is 6. The molecule has 1 atom stereocenters. The second-order valence-corrected chi connectivity index (χ2v) is 9.94. The van der Waals surface area contributed by atoms with Gasteiger partial charge in [0.05, 0.1) is 13.0 Å². The molecule has 4 rings (SSSR count). The molecule has 0 aromatic heterocycles. The number of hydrogen-bond donors (Lipinski definition) is 1. The molecule has 4 nitrogen and oxygen atoms in total. The minimum atomic E-state index is -0.378. The number of fused-ring (bicyclic) bond motifs is 1.